The van der Waals surface area contributed by atoms with Crippen LogP contribution in [-0.4, -0.2) is 90.0 Å². The van der Waals surface area contributed by atoms with E-state index in [9.17, 15) is 0 Å². The van der Waals surface area contributed by atoms with E-state index in [4.69, 9.17) is 4.43 Å². The monoisotopic (exact) mass is 485 g/mol. The van der Waals surface area contributed by atoms with Crippen molar-refractivity contribution in [2.24, 2.45) is 5.41 Å². The van der Waals surface area contributed by atoms with Crippen molar-refractivity contribution < 1.29 is 4.43 Å². The van der Waals surface area contributed by atoms with Crippen molar-refractivity contribution in [3.63, 3.8) is 0 Å². The van der Waals surface area contributed by atoms with Crippen LogP contribution >= 0.6 is 0 Å². The molecule has 0 aliphatic heterocycles. The first-order chi connectivity index (χ1) is 15.7. The lowest BCUT2D eigenvalue weighted by Crippen LogP contribution is -2.41. The standard InChI is InChI=1S/C28H63N3OSi/c1-10-21-29(6)24-15-18-28(19-16-25-30(7)22-11-2,20-17-26-31(8)23-12-3)27-33(9,14-5)32-13-4/h10-27H2,1-9H3. The summed E-state index contributed by atoms with van der Waals surface area (Å²) in [6.45, 7) is 22.2. The highest BCUT2D eigenvalue weighted by Gasteiger charge is 2.39. The fraction of sp³-hybridized carbons (Fsp3) is 1.00. The van der Waals surface area contributed by atoms with Gasteiger partial charge in [-0.1, -0.05) is 27.7 Å². The van der Waals surface area contributed by atoms with Crippen LogP contribution in [0.2, 0.25) is 18.6 Å². The van der Waals surface area contributed by atoms with E-state index in [0.717, 1.165) is 6.61 Å². The van der Waals surface area contributed by atoms with Gasteiger partial charge in [0, 0.05) is 6.61 Å². The molecule has 0 aromatic rings. The molecule has 0 rings (SSSR count). The van der Waals surface area contributed by atoms with Gasteiger partial charge in [-0.25, -0.2) is 0 Å². The lowest BCUT2D eigenvalue weighted by Gasteiger charge is -2.42. The average molecular weight is 486 g/mol. The predicted molar refractivity (Wildman–Crippen MR) is 152 cm³/mol. The zero-order chi connectivity index (χ0) is 25.2. The lowest BCUT2D eigenvalue weighted by atomic mass is 9.76. The molecule has 0 radical (unpaired) electrons. The smallest absolute Gasteiger partial charge is 0.190 e. The molecular formula is C28H63N3OSi. The summed E-state index contributed by atoms with van der Waals surface area (Å²) in [4.78, 5) is 7.61. The second-order valence-corrected chi connectivity index (χ2v) is 15.4. The Morgan fingerprint density at radius 3 is 1.24 bits per heavy atom. The number of hydrogen-bond acceptors (Lipinski definition) is 4. The summed E-state index contributed by atoms with van der Waals surface area (Å²) < 4.78 is 6.54. The molecule has 4 nitrogen and oxygen atoms in total. The molecule has 0 aliphatic carbocycles. The first-order valence-corrected chi connectivity index (χ1v) is 17.2. The Balaban J connectivity index is 5.51. The predicted octanol–water partition coefficient (Wildman–Crippen LogP) is 6.97. The molecule has 0 heterocycles. The first-order valence-electron chi connectivity index (χ1n) is 14.4. The van der Waals surface area contributed by atoms with Gasteiger partial charge in [0.25, 0.3) is 0 Å². The van der Waals surface area contributed by atoms with Crippen molar-refractivity contribution in [1.29, 1.82) is 0 Å². The average Bonchev–Trinajstić information content (AvgIpc) is 2.74. The fourth-order valence-electron chi connectivity index (χ4n) is 5.71. The van der Waals surface area contributed by atoms with Crippen LogP contribution in [0.25, 0.3) is 0 Å². The Hall–Kier alpha value is 0.0569. The van der Waals surface area contributed by atoms with Crippen LogP contribution in [0, 0.1) is 5.41 Å². The molecule has 0 amide bonds. The summed E-state index contributed by atoms with van der Waals surface area (Å²) in [5.41, 5.74) is 0.444. The van der Waals surface area contributed by atoms with Crippen LogP contribution < -0.4 is 0 Å². The molecule has 0 saturated carbocycles. The Kier molecular flexibility index (Phi) is 19.3. The summed E-state index contributed by atoms with van der Waals surface area (Å²) in [6, 6.07) is 2.58. The maximum absolute atomic E-state index is 6.54. The third kappa shape index (κ3) is 15.6. The molecule has 0 spiro atoms. The molecular weight excluding hydrogens is 422 g/mol. The first kappa shape index (κ1) is 33.1. The SMILES string of the molecule is CCCN(C)CCCC(CCCN(C)CCC)(CCCN(C)CCC)C[Si](C)(CC)OCC. The third-order valence-electron chi connectivity index (χ3n) is 7.55. The molecule has 0 fully saturated rings. The summed E-state index contributed by atoms with van der Waals surface area (Å²) in [7, 11) is 5.23. The largest absolute Gasteiger partial charge is 0.417 e. The van der Waals surface area contributed by atoms with E-state index in [1.165, 1.54) is 109 Å². The van der Waals surface area contributed by atoms with Crippen molar-refractivity contribution in [3.05, 3.63) is 0 Å². The van der Waals surface area contributed by atoms with Gasteiger partial charge in [-0.3, -0.25) is 0 Å². The Labute approximate surface area is 210 Å². The van der Waals surface area contributed by atoms with Gasteiger partial charge in [-0.05, 0) is 149 Å². The molecule has 0 aromatic carbocycles. The van der Waals surface area contributed by atoms with Gasteiger partial charge in [0.05, 0.1) is 0 Å². The minimum Gasteiger partial charge on any atom is -0.417 e. The van der Waals surface area contributed by atoms with Crippen LogP contribution in [0.3, 0.4) is 0 Å². The number of nitrogens with zero attached hydrogens (tertiary/aromatic N) is 3. The van der Waals surface area contributed by atoms with Gasteiger partial charge in [0.1, 0.15) is 0 Å². The molecule has 0 saturated heterocycles. The zero-order valence-corrected chi connectivity index (χ0v) is 25.5. The van der Waals surface area contributed by atoms with Gasteiger partial charge in [-0.2, -0.15) is 0 Å². The molecule has 0 aromatic heterocycles. The highest BCUT2D eigenvalue weighted by Crippen LogP contribution is 2.44. The molecule has 0 N–H and O–H groups in total. The zero-order valence-electron chi connectivity index (χ0n) is 24.5. The molecule has 200 valence electrons. The molecule has 5 heteroatoms. The maximum atomic E-state index is 6.54. The van der Waals surface area contributed by atoms with E-state index >= 15 is 0 Å². The Bertz CT molecular complexity index is 405. The van der Waals surface area contributed by atoms with Crippen molar-refractivity contribution in [2.75, 3.05) is 67.0 Å². The molecule has 1 unspecified atom stereocenters. The Morgan fingerprint density at radius 1 is 0.606 bits per heavy atom. The highest BCUT2D eigenvalue weighted by molar-refractivity contribution is 6.72. The number of rotatable bonds is 23. The van der Waals surface area contributed by atoms with Crippen molar-refractivity contribution in [2.45, 2.75) is 111 Å². The van der Waals surface area contributed by atoms with Gasteiger partial charge in [0.2, 0.25) is 0 Å². The quantitative estimate of drug-likeness (QED) is 0.145. The molecule has 0 bridgehead atoms. The van der Waals surface area contributed by atoms with Gasteiger partial charge in [-0.15, -0.1) is 0 Å². The van der Waals surface area contributed by atoms with Gasteiger partial charge in [0.15, 0.2) is 8.32 Å². The third-order valence-corrected chi connectivity index (χ3v) is 11.5. The molecule has 33 heavy (non-hydrogen) atoms. The van der Waals surface area contributed by atoms with E-state index in [2.05, 4.69) is 77.0 Å². The van der Waals surface area contributed by atoms with Gasteiger partial charge >= 0.3 is 0 Å². The minimum atomic E-state index is -1.68. The van der Waals surface area contributed by atoms with Crippen LogP contribution in [-0.2, 0) is 4.43 Å². The summed E-state index contributed by atoms with van der Waals surface area (Å²) in [5, 5.41) is 0. The van der Waals surface area contributed by atoms with Crippen molar-refractivity contribution in [3.8, 4) is 0 Å². The van der Waals surface area contributed by atoms with E-state index < -0.39 is 8.32 Å². The van der Waals surface area contributed by atoms with Crippen molar-refractivity contribution >= 4 is 8.32 Å². The normalized spacial score (nSPS) is 14.5. The van der Waals surface area contributed by atoms with Crippen LogP contribution in [0.15, 0.2) is 0 Å². The van der Waals surface area contributed by atoms with E-state index in [1.54, 1.807) is 0 Å². The van der Waals surface area contributed by atoms with Crippen LogP contribution in [0.4, 0.5) is 0 Å². The molecule has 0 aliphatic rings. The van der Waals surface area contributed by atoms with Crippen molar-refractivity contribution in [1.82, 2.24) is 14.7 Å². The fourth-order valence-corrected chi connectivity index (χ4v) is 9.08. The van der Waals surface area contributed by atoms with E-state index in [-0.39, 0.29) is 0 Å². The summed E-state index contributed by atoms with van der Waals surface area (Å²) >= 11 is 0. The second-order valence-electron chi connectivity index (χ2n) is 11.1. The highest BCUT2D eigenvalue weighted by atomic mass is 28.4. The summed E-state index contributed by atoms with van der Waals surface area (Å²) in [6.07, 6.45) is 11.8. The maximum Gasteiger partial charge on any atom is 0.190 e. The number of hydrogen-bond donors (Lipinski definition) is 0. The van der Waals surface area contributed by atoms with E-state index in [0.29, 0.717) is 5.41 Å². The summed E-state index contributed by atoms with van der Waals surface area (Å²) in [5.74, 6) is 0. The molecule has 1 atom stereocenters. The second kappa shape index (κ2) is 19.3. The van der Waals surface area contributed by atoms with E-state index in [1.807, 2.05) is 0 Å². The Morgan fingerprint density at radius 2 is 0.970 bits per heavy atom. The minimum absolute atomic E-state index is 0.444. The van der Waals surface area contributed by atoms with Crippen LogP contribution in [0.1, 0.15) is 92.4 Å². The van der Waals surface area contributed by atoms with Gasteiger partial charge < -0.3 is 19.1 Å². The topological polar surface area (TPSA) is 19.0 Å². The lowest BCUT2D eigenvalue weighted by molar-refractivity contribution is 0.178. The van der Waals surface area contributed by atoms with Crippen LogP contribution in [0.5, 0.6) is 0 Å².